The van der Waals surface area contributed by atoms with Crippen molar-refractivity contribution in [3.05, 3.63) is 98.6 Å². The lowest BCUT2D eigenvalue weighted by Gasteiger charge is -2.37. The van der Waals surface area contributed by atoms with Crippen LogP contribution in [0, 0.1) is 41.5 Å². The molecule has 2 N–H and O–H groups in total. The maximum absolute atomic E-state index is 11.7. The van der Waals surface area contributed by atoms with Gasteiger partial charge in [-0.1, -0.05) is 12.1 Å². The highest BCUT2D eigenvalue weighted by molar-refractivity contribution is 7.85. The number of aryl methyl sites for hydroxylation is 5. The molecular weight excluding hydrogens is 617 g/mol. The number of nitrogens with one attached hydrogen (secondary N) is 1. The fourth-order valence-corrected chi connectivity index (χ4v) is 8.36. The summed E-state index contributed by atoms with van der Waals surface area (Å²) in [6.07, 6.45) is 0.336. The molecule has 254 valence electrons. The van der Waals surface area contributed by atoms with E-state index in [0.29, 0.717) is 26.1 Å². The van der Waals surface area contributed by atoms with E-state index in [1.165, 1.54) is 72.4 Å². The number of fused-ring (bicyclic) bond motifs is 3. The SMILES string of the molecule is CCN1CN(C)Cc2cc(-c3cc(C)c4c(c3)CN(CCCS(=O)(=O)O)c3c(C)cc(-c5cc(C)c(C)c(C)c5)cc3CN4)cc(C)c21. The predicted octanol–water partition coefficient (Wildman–Crippen LogP) is 8.31. The maximum atomic E-state index is 11.7. The van der Waals surface area contributed by atoms with E-state index in [1.54, 1.807) is 0 Å². The average Bonchev–Trinajstić information content (AvgIpc) is 3.00. The van der Waals surface area contributed by atoms with Crippen LogP contribution in [0.2, 0.25) is 0 Å². The van der Waals surface area contributed by atoms with E-state index < -0.39 is 10.1 Å². The van der Waals surface area contributed by atoms with Gasteiger partial charge in [0.1, 0.15) is 0 Å². The van der Waals surface area contributed by atoms with Crippen LogP contribution in [-0.2, 0) is 29.8 Å². The van der Waals surface area contributed by atoms with Gasteiger partial charge in [0.05, 0.1) is 12.4 Å². The lowest BCUT2D eigenvalue weighted by atomic mass is 9.91. The van der Waals surface area contributed by atoms with Crippen LogP contribution in [0.15, 0.2) is 48.5 Å². The zero-order chi connectivity index (χ0) is 34.5. The summed E-state index contributed by atoms with van der Waals surface area (Å²) in [6, 6.07) is 18.4. The second kappa shape index (κ2) is 13.2. The Labute approximate surface area is 287 Å². The van der Waals surface area contributed by atoms with Crippen LogP contribution in [0.1, 0.15) is 63.4 Å². The van der Waals surface area contributed by atoms with Crippen molar-refractivity contribution in [1.82, 2.24) is 4.90 Å². The number of anilines is 3. The summed E-state index contributed by atoms with van der Waals surface area (Å²) in [7, 11) is -1.88. The summed E-state index contributed by atoms with van der Waals surface area (Å²) < 4.78 is 33.1. The number of hydrogen-bond donors (Lipinski definition) is 2. The molecule has 0 saturated heterocycles. The molecule has 2 aliphatic heterocycles. The molecule has 48 heavy (non-hydrogen) atoms. The second-order valence-corrected chi connectivity index (χ2v) is 15.7. The van der Waals surface area contributed by atoms with E-state index in [2.05, 4.69) is 124 Å². The molecule has 2 aliphatic rings. The monoisotopic (exact) mass is 666 g/mol. The Hall–Kier alpha value is -3.85. The zero-order valence-corrected chi connectivity index (χ0v) is 30.6. The molecule has 0 aromatic heterocycles. The van der Waals surface area contributed by atoms with E-state index in [9.17, 15) is 13.0 Å². The minimum absolute atomic E-state index is 0.264. The van der Waals surface area contributed by atoms with Crippen LogP contribution in [-0.4, -0.2) is 50.4 Å². The Morgan fingerprint density at radius 1 is 0.688 bits per heavy atom. The van der Waals surface area contributed by atoms with Crippen molar-refractivity contribution in [2.75, 3.05) is 47.7 Å². The molecule has 0 saturated carbocycles. The third-order valence-electron chi connectivity index (χ3n) is 10.3. The van der Waals surface area contributed by atoms with E-state index in [-0.39, 0.29) is 5.75 Å². The van der Waals surface area contributed by atoms with Crippen molar-refractivity contribution < 1.29 is 13.0 Å². The largest absolute Gasteiger partial charge is 0.380 e. The van der Waals surface area contributed by atoms with E-state index in [1.807, 2.05) is 0 Å². The van der Waals surface area contributed by atoms with Gasteiger partial charge in [-0.25, -0.2) is 0 Å². The van der Waals surface area contributed by atoms with Crippen molar-refractivity contribution >= 4 is 27.2 Å². The molecule has 6 rings (SSSR count). The normalized spacial score (nSPS) is 14.9. The molecule has 0 spiro atoms. The molecule has 0 bridgehead atoms. The Kier molecular flexibility index (Phi) is 9.37. The fourth-order valence-electron chi connectivity index (χ4n) is 7.86. The second-order valence-electron chi connectivity index (χ2n) is 14.1. The molecule has 0 atom stereocenters. The first-order chi connectivity index (χ1) is 22.7. The van der Waals surface area contributed by atoms with Gasteiger partial charge in [-0.2, -0.15) is 8.42 Å². The predicted molar refractivity (Wildman–Crippen MR) is 201 cm³/mol. The minimum Gasteiger partial charge on any atom is -0.380 e. The van der Waals surface area contributed by atoms with Gasteiger partial charge in [0.2, 0.25) is 0 Å². The lowest BCUT2D eigenvalue weighted by molar-refractivity contribution is 0.310. The van der Waals surface area contributed by atoms with Gasteiger partial charge >= 0.3 is 0 Å². The molecule has 8 heteroatoms. The molecule has 4 aromatic carbocycles. The van der Waals surface area contributed by atoms with Gasteiger partial charge in [-0.3, -0.25) is 9.45 Å². The first-order valence-corrected chi connectivity index (χ1v) is 18.7. The van der Waals surface area contributed by atoms with Crippen LogP contribution in [0.3, 0.4) is 0 Å². The van der Waals surface area contributed by atoms with Crippen LogP contribution < -0.4 is 15.1 Å². The Morgan fingerprint density at radius 2 is 1.21 bits per heavy atom. The van der Waals surface area contributed by atoms with Crippen molar-refractivity contribution in [2.24, 2.45) is 0 Å². The molecule has 0 radical (unpaired) electrons. The van der Waals surface area contributed by atoms with E-state index in [4.69, 9.17) is 0 Å². The van der Waals surface area contributed by atoms with Gasteiger partial charge in [0, 0.05) is 49.8 Å². The Morgan fingerprint density at radius 3 is 1.81 bits per heavy atom. The summed E-state index contributed by atoms with van der Waals surface area (Å²) in [5.74, 6) is -0.264. The molecule has 0 amide bonds. The first-order valence-electron chi connectivity index (χ1n) is 17.1. The van der Waals surface area contributed by atoms with Gasteiger partial charge in [-0.15, -0.1) is 0 Å². The number of rotatable bonds is 7. The minimum atomic E-state index is -4.06. The molecule has 7 nitrogen and oxygen atoms in total. The molecule has 0 fully saturated rings. The summed E-state index contributed by atoms with van der Waals surface area (Å²) in [4.78, 5) is 7.13. The third kappa shape index (κ3) is 6.84. The van der Waals surface area contributed by atoms with Crippen LogP contribution in [0.25, 0.3) is 22.3 Å². The van der Waals surface area contributed by atoms with Crippen molar-refractivity contribution in [3.8, 4) is 22.3 Å². The number of benzene rings is 4. The van der Waals surface area contributed by atoms with Crippen LogP contribution in [0.5, 0.6) is 0 Å². The van der Waals surface area contributed by atoms with Crippen molar-refractivity contribution in [2.45, 2.75) is 74.5 Å². The zero-order valence-electron chi connectivity index (χ0n) is 29.8. The third-order valence-corrected chi connectivity index (χ3v) is 11.1. The number of nitrogens with zero attached hydrogens (tertiary/aromatic N) is 3. The molecule has 2 heterocycles. The Bertz CT molecular complexity index is 1980. The highest BCUT2D eigenvalue weighted by Gasteiger charge is 2.25. The molecule has 4 aromatic rings. The molecule has 0 aliphatic carbocycles. The van der Waals surface area contributed by atoms with Crippen molar-refractivity contribution in [3.63, 3.8) is 0 Å². The summed E-state index contributed by atoms with van der Waals surface area (Å²) >= 11 is 0. The van der Waals surface area contributed by atoms with Gasteiger partial charge in [-0.05, 0) is 171 Å². The number of hydrogen-bond acceptors (Lipinski definition) is 6. The van der Waals surface area contributed by atoms with Crippen LogP contribution in [0.4, 0.5) is 17.1 Å². The molecule has 0 unspecified atom stereocenters. The van der Waals surface area contributed by atoms with Gasteiger partial charge in [0.25, 0.3) is 10.1 Å². The quantitative estimate of drug-likeness (QED) is 0.192. The van der Waals surface area contributed by atoms with E-state index in [0.717, 1.165) is 36.7 Å². The smallest absolute Gasteiger partial charge is 0.264 e. The standard InChI is InChI=1S/C40H50N4O3S/c1-9-43-24-42(8)22-37-20-34(17-29(6)40(37)43)32-15-27(4)38-36(19-32)23-44(11-10-12-48(45,46)47)39-28(5)16-33(18-35(39)21-41-38)31-13-25(2)30(7)26(3)14-31/h13-20,41H,9-12,21-24H2,1-8H3,(H,45,46,47). The highest BCUT2D eigenvalue weighted by atomic mass is 32.2. The van der Waals surface area contributed by atoms with E-state index >= 15 is 0 Å². The van der Waals surface area contributed by atoms with Gasteiger partial charge < -0.3 is 15.1 Å². The summed E-state index contributed by atoms with van der Waals surface area (Å²) in [5.41, 5.74) is 19.6. The topological polar surface area (TPSA) is 76.1 Å². The maximum Gasteiger partial charge on any atom is 0.264 e. The highest BCUT2D eigenvalue weighted by Crippen LogP contribution is 2.40. The van der Waals surface area contributed by atoms with Crippen molar-refractivity contribution in [1.29, 1.82) is 0 Å². The van der Waals surface area contributed by atoms with Crippen LogP contribution >= 0.6 is 0 Å². The summed E-state index contributed by atoms with van der Waals surface area (Å²) in [5, 5.41) is 3.81. The first kappa shape index (κ1) is 34.0. The fraction of sp³-hybridized carbons (Fsp3) is 0.400. The molecular formula is C40H50N4O3S. The van der Waals surface area contributed by atoms with Gasteiger partial charge in [0.15, 0.2) is 0 Å². The Balaban J connectivity index is 1.42. The summed E-state index contributed by atoms with van der Waals surface area (Å²) in [6.45, 7) is 19.9. The lowest BCUT2D eigenvalue weighted by Crippen LogP contribution is -2.40. The average molecular weight is 667 g/mol.